The first-order valence-electron chi connectivity index (χ1n) is 3.80. The number of oxazole rings is 2. The summed E-state index contributed by atoms with van der Waals surface area (Å²) in [5, 5.41) is 0. The average molecular weight is 175 g/mol. The molecule has 5 heteroatoms. The maximum absolute atomic E-state index is 5.28. The highest BCUT2D eigenvalue weighted by Gasteiger charge is 2.07. The largest absolute Gasteiger partial charge is 0.442 e. The van der Waals surface area contributed by atoms with Gasteiger partial charge >= 0.3 is 0 Å². The van der Waals surface area contributed by atoms with E-state index in [-0.39, 0.29) is 0 Å². The Bertz CT molecular complexity index is 533. The summed E-state index contributed by atoms with van der Waals surface area (Å²) in [5.74, 6) is 0.593. The number of pyridine rings is 1. The number of fused-ring (bicyclic) bond motifs is 2. The SMILES string of the molecule is Cc1nc2nc3ncoc3cc2o1. The van der Waals surface area contributed by atoms with Crippen molar-refractivity contribution in [2.75, 3.05) is 0 Å². The van der Waals surface area contributed by atoms with Crippen LogP contribution in [-0.4, -0.2) is 15.0 Å². The number of hydrogen-bond donors (Lipinski definition) is 0. The van der Waals surface area contributed by atoms with Crippen LogP contribution in [0.4, 0.5) is 0 Å². The fourth-order valence-electron chi connectivity index (χ4n) is 1.26. The number of rotatable bonds is 0. The first-order valence-corrected chi connectivity index (χ1v) is 3.80. The van der Waals surface area contributed by atoms with Gasteiger partial charge in [0.2, 0.25) is 11.3 Å². The second-order valence-corrected chi connectivity index (χ2v) is 2.72. The number of aromatic nitrogens is 3. The Morgan fingerprint density at radius 3 is 3.00 bits per heavy atom. The van der Waals surface area contributed by atoms with Crippen LogP contribution < -0.4 is 0 Å². The smallest absolute Gasteiger partial charge is 0.201 e. The first-order chi connectivity index (χ1) is 6.33. The van der Waals surface area contributed by atoms with Crippen LogP contribution in [0, 0.1) is 6.92 Å². The molecule has 0 amide bonds. The molecule has 3 aromatic heterocycles. The molecule has 0 aliphatic heterocycles. The molecule has 0 saturated heterocycles. The van der Waals surface area contributed by atoms with E-state index in [1.807, 2.05) is 0 Å². The minimum absolute atomic E-state index is 0.556. The molecule has 0 aromatic carbocycles. The molecule has 0 bridgehead atoms. The zero-order chi connectivity index (χ0) is 8.84. The summed E-state index contributed by atoms with van der Waals surface area (Å²) in [6.45, 7) is 1.77. The molecule has 3 aromatic rings. The van der Waals surface area contributed by atoms with Crippen molar-refractivity contribution in [3.63, 3.8) is 0 Å². The minimum atomic E-state index is 0.556. The number of nitrogens with zero attached hydrogens (tertiary/aromatic N) is 3. The lowest BCUT2D eigenvalue weighted by atomic mass is 10.4. The summed E-state index contributed by atoms with van der Waals surface area (Å²) in [5.41, 5.74) is 2.37. The Hall–Kier alpha value is -1.91. The van der Waals surface area contributed by atoms with Gasteiger partial charge in [0.05, 0.1) is 0 Å². The predicted molar refractivity (Wildman–Crippen MR) is 44.1 cm³/mol. The molecule has 0 atom stereocenters. The van der Waals surface area contributed by atoms with E-state index in [9.17, 15) is 0 Å². The molecule has 0 aliphatic carbocycles. The molecule has 0 fully saturated rings. The Morgan fingerprint density at radius 1 is 1.15 bits per heavy atom. The number of hydrogen-bond acceptors (Lipinski definition) is 5. The molecule has 3 rings (SSSR count). The second-order valence-electron chi connectivity index (χ2n) is 2.72. The number of aryl methyl sites for hydroxylation is 1. The standard InChI is InChI=1S/C8H5N3O2/c1-4-10-8-6(13-4)2-5-7(11-8)9-3-12-5/h2-3H,1H3. The van der Waals surface area contributed by atoms with Gasteiger partial charge in [-0.15, -0.1) is 0 Å². The third-order valence-electron chi connectivity index (χ3n) is 1.79. The molecule has 0 N–H and O–H groups in total. The second kappa shape index (κ2) is 2.07. The van der Waals surface area contributed by atoms with E-state index in [1.165, 1.54) is 6.39 Å². The fraction of sp³-hybridized carbons (Fsp3) is 0.125. The third kappa shape index (κ3) is 0.837. The normalized spacial score (nSPS) is 11.5. The van der Waals surface area contributed by atoms with Gasteiger partial charge in [-0.2, -0.15) is 9.97 Å². The molecule has 0 saturated carbocycles. The highest BCUT2D eigenvalue weighted by atomic mass is 16.4. The quantitative estimate of drug-likeness (QED) is 0.520. The molecule has 64 valence electrons. The molecular weight excluding hydrogens is 170 g/mol. The van der Waals surface area contributed by atoms with Crippen LogP contribution in [0.25, 0.3) is 22.5 Å². The summed E-state index contributed by atoms with van der Waals surface area (Å²) >= 11 is 0. The monoisotopic (exact) mass is 175 g/mol. The maximum atomic E-state index is 5.28. The van der Waals surface area contributed by atoms with E-state index in [2.05, 4.69) is 15.0 Å². The zero-order valence-corrected chi connectivity index (χ0v) is 6.81. The van der Waals surface area contributed by atoms with Gasteiger partial charge < -0.3 is 8.83 Å². The summed E-state index contributed by atoms with van der Waals surface area (Å²) in [6.07, 6.45) is 1.35. The highest BCUT2D eigenvalue weighted by Crippen LogP contribution is 2.18. The predicted octanol–water partition coefficient (Wildman–Crippen LogP) is 1.67. The zero-order valence-electron chi connectivity index (χ0n) is 6.81. The fourth-order valence-corrected chi connectivity index (χ4v) is 1.26. The molecule has 0 aliphatic rings. The van der Waals surface area contributed by atoms with Gasteiger partial charge in [0.15, 0.2) is 23.5 Å². The van der Waals surface area contributed by atoms with Gasteiger partial charge in [0.25, 0.3) is 0 Å². The molecule has 0 spiro atoms. The van der Waals surface area contributed by atoms with Crippen molar-refractivity contribution in [2.24, 2.45) is 0 Å². The van der Waals surface area contributed by atoms with Crippen molar-refractivity contribution in [1.82, 2.24) is 15.0 Å². The Balaban J connectivity index is 2.54. The van der Waals surface area contributed by atoms with Gasteiger partial charge in [-0.3, -0.25) is 0 Å². The minimum Gasteiger partial charge on any atom is -0.442 e. The topological polar surface area (TPSA) is 65.0 Å². The van der Waals surface area contributed by atoms with E-state index in [4.69, 9.17) is 8.83 Å². The van der Waals surface area contributed by atoms with Gasteiger partial charge in [0.1, 0.15) is 0 Å². The first kappa shape index (κ1) is 6.59. The molecule has 0 unspecified atom stereocenters. The lowest BCUT2D eigenvalue weighted by Gasteiger charge is -1.84. The maximum Gasteiger partial charge on any atom is 0.201 e. The van der Waals surface area contributed by atoms with Crippen LogP contribution in [-0.2, 0) is 0 Å². The van der Waals surface area contributed by atoms with E-state index in [0.717, 1.165) is 0 Å². The van der Waals surface area contributed by atoms with E-state index < -0.39 is 0 Å². The summed E-state index contributed by atoms with van der Waals surface area (Å²) < 4.78 is 10.4. The van der Waals surface area contributed by atoms with Crippen LogP contribution >= 0.6 is 0 Å². The summed E-state index contributed by atoms with van der Waals surface area (Å²) in [4.78, 5) is 12.2. The van der Waals surface area contributed by atoms with E-state index >= 15 is 0 Å². The average Bonchev–Trinajstić information content (AvgIpc) is 2.63. The molecule has 13 heavy (non-hydrogen) atoms. The van der Waals surface area contributed by atoms with Gasteiger partial charge in [-0.1, -0.05) is 0 Å². The lowest BCUT2D eigenvalue weighted by molar-refractivity contribution is 0.559. The Kier molecular flexibility index (Phi) is 1.05. The van der Waals surface area contributed by atoms with Crippen LogP contribution in [0.1, 0.15) is 5.89 Å². The molecule has 5 nitrogen and oxygen atoms in total. The van der Waals surface area contributed by atoms with Crippen molar-refractivity contribution in [2.45, 2.75) is 6.92 Å². The highest BCUT2D eigenvalue weighted by molar-refractivity contribution is 5.82. The summed E-state index contributed by atoms with van der Waals surface area (Å²) in [7, 11) is 0. The van der Waals surface area contributed by atoms with Crippen LogP contribution in [0.3, 0.4) is 0 Å². The Labute approximate surface area is 72.4 Å². The molecule has 3 heterocycles. The van der Waals surface area contributed by atoms with Gasteiger partial charge in [0, 0.05) is 13.0 Å². The van der Waals surface area contributed by atoms with Crippen molar-refractivity contribution < 1.29 is 8.83 Å². The van der Waals surface area contributed by atoms with Crippen LogP contribution in [0.15, 0.2) is 21.3 Å². The lowest BCUT2D eigenvalue weighted by Crippen LogP contribution is -1.78. The van der Waals surface area contributed by atoms with Crippen molar-refractivity contribution >= 4 is 22.5 Å². The van der Waals surface area contributed by atoms with Crippen molar-refractivity contribution in [1.29, 1.82) is 0 Å². The molecular formula is C8H5N3O2. The van der Waals surface area contributed by atoms with Crippen LogP contribution in [0.5, 0.6) is 0 Å². The molecule has 0 radical (unpaired) electrons. The Morgan fingerprint density at radius 2 is 2.08 bits per heavy atom. The van der Waals surface area contributed by atoms with E-state index in [1.54, 1.807) is 13.0 Å². The van der Waals surface area contributed by atoms with E-state index in [0.29, 0.717) is 28.4 Å². The third-order valence-corrected chi connectivity index (χ3v) is 1.79. The van der Waals surface area contributed by atoms with Crippen molar-refractivity contribution in [3.05, 3.63) is 18.4 Å². The van der Waals surface area contributed by atoms with Gasteiger partial charge in [-0.25, -0.2) is 4.98 Å². The van der Waals surface area contributed by atoms with Crippen LogP contribution in [0.2, 0.25) is 0 Å². The summed E-state index contributed by atoms with van der Waals surface area (Å²) in [6, 6.07) is 1.74. The van der Waals surface area contributed by atoms with Gasteiger partial charge in [-0.05, 0) is 0 Å². The van der Waals surface area contributed by atoms with Crippen molar-refractivity contribution in [3.8, 4) is 0 Å².